The molecule has 1 fully saturated rings. The molecular formula is C31H45N5O5. The molecule has 10 heteroatoms. The van der Waals surface area contributed by atoms with Crippen LogP contribution in [0.25, 0.3) is 5.57 Å². The maximum atomic E-state index is 12.7. The third kappa shape index (κ3) is 9.06. The van der Waals surface area contributed by atoms with E-state index in [1.165, 1.54) is 0 Å². The van der Waals surface area contributed by atoms with Crippen LogP contribution in [-0.4, -0.2) is 89.1 Å². The van der Waals surface area contributed by atoms with Crippen LogP contribution < -0.4 is 0 Å². The molecule has 10 nitrogen and oxygen atoms in total. The summed E-state index contributed by atoms with van der Waals surface area (Å²) >= 11 is 0. The zero-order chi connectivity index (χ0) is 29.4. The van der Waals surface area contributed by atoms with Crippen molar-refractivity contribution < 1.29 is 23.8 Å². The van der Waals surface area contributed by atoms with Crippen LogP contribution >= 0.6 is 0 Å². The molecule has 1 unspecified atom stereocenters. The van der Waals surface area contributed by atoms with Gasteiger partial charge in [-0.1, -0.05) is 36.4 Å². The van der Waals surface area contributed by atoms with Gasteiger partial charge in [-0.05, 0) is 64.6 Å². The maximum absolute atomic E-state index is 12.7. The summed E-state index contributed by atoms with van der Waals surface area (Å²) < 4.78 is 19.0. The number of carbonyl (C=O) groups excluding carboxylic acids is 2. The van der Waals surface area contributed by atoms with Crippen molar-refractivity contribution in [3.8, 4) is 0 Å². The molecule has 1 aromatic carbocycles. The SMILES string of the molecule is CN(CCN(C)C(=O)OC(C)(C)C)Cc1cn(C2CCCCO2)nc1C1=CCN(C(=O)OCc2ccccc2)CC1. The van der Waals surface area contributed by atoms with Crippen molar-refractivity contribution in [2.24, 2.45) is 0 Å². The predicted octanol–water partition coefficient (Wildman–Crippen LogP) is 5.31. The Kier molecular flexibility index (Phi) is 10.4. The molecule has 2 amide bonds. The molecular weight excluding hydrogens is 522 g/mol. The molecule has 2 aliphatic rings. The number of likely N-dealkylation sites (N-methyl/N-ethyl adjacent to an activating group) is 2. The lowest BCUT2D eigenvalue weighted by Crippen LogP contribution is -2.38. The number of amides is 2. The Bertz CT molecular complexity index is 1180. The standard InChI is InChI=1S/C31H45N5O5/c1-31(2,3)41-29(37)34(5)19-18-33(4)21-26-22-36(27-13-9-10-20-39-27)32-28(26)25-14-16-35(17-15-25)30(38)40-23-24-11-7-6-8-12-24/h6-8,11-12,14,22,27H,9-10,13,15-21,23H2,1-5H3. The van der Waals surface area contributed by atoms with Gasteiger partial charge in [0, 0.05) is 58.1 Å². The van der Waals surface area contributed by atoms with E-state index in [1.807, 2.05) is 62.8 Å². The molecule has 2 aliphatic heterocycles. The van der Waals surface area contributed by atoms with Crippen molar-refractivity contribution in [2.45, 2.75) is 71.4 Å². The van der Waals surface area contributed by atoms with E-state index in [0.717, 1.165) is 48.3 Å². The van der Waals surface area contributed by atoms with Gasteiger partial charge >= 0.3 is 12.2 Å². The fourth-order valence-electron chi connectivity index (χ4n) is 4.88. The number of rotatable bonds is 9. The van der Waals surface area contributed by atoms with E-state index < -0.39 is 5.60 Å². The molecule has 41 heavy (non-hydrogen) atoms. The minimum absolute atomic E-state index is 0.0616. The van der Waals surface area contributed by atoms with Crippen LogP contribution in [-0.2, 0) is 27.4 Å². The number of hydrogen-bond acceptors (Lipinski definition) is 7. The second-order valence-electron chi connectivity index (χ2n) is 11.9. The van der Waals surface area contributed by atoms with Crippen LogP contribution in [0.15, 0.2) is 42.6 Å². The van der Waals surface area contributed by atoms with Crippen molar-refractivity contribution in [3.63, 3.8) is 0 Å². The number of ether oxygens (including phenoxy) is 3. The molecule has 0 saturated carbocycles. The minimum atomic E-state index is -0.524. The quantitative estimate of drug-likeness (QED) is 0.406. The van der Waals surface area contributed by atoms with Crippen LogP contribution in [0.1, 0.15) is 69.5 Å². The van der Waals surface area contributed by atoms with Crippen molar-refractivity contribution in [2.75, 3.05) is 46.9 Å². The highest BCUT2D eigenvalue weighted by molar-refractivity contribution is 5.72. The molecule has 0 N–H and O–H groups in total. The first-order valence-corrected chi connectivity index (χ1v) is 14.6. The smallest absolute Gasteiger partial charge is 0.410 e. The summed E-state index contributed by atoms with van der Waals surface area (Å²) in [6, 6.07) is 9.71. The van der Waals surface area contributed by atoms with E-state index in [4.69, 9.17) is 19.3 Å². The number of carbonyl (C=O) groups is 2. The first-order chi connectivity index (χ1) is 19.6. The molecule has 0 bridgehead atoms. The fraction of sp³-hybridized carbons (Fsp3) is 0.581. The second kappa shape index (κ2) is 14.0. The Morgan fingerprint density at radius 3 is 2.56 bits per heavy atom. The lowest BCUT2D eigenvalue weighted by Gasteiger charge is -2.27. The topological polar surface area (TPSA) is 89.4 Å². The van der Waals surface area contributed by atoms with E-state index in [-0.39, 0.29) is 25.0 Å². The van der Waals surface area contributed by atoms with Crippen molar-refractivity contribution in [3.05, 3.63) is 59.4 Å². The van der Waals surface area contributed by atoms with E-state index in [2.05, 4.69) is 17.2 Å². The van der Waals surface area contributed by atoms with Crippen molar-refractivity contribution in [1.29, 1.82) is 0 Å². The lowest BCUT2D eigenvalue weighted by atomic mass is 10.0. The Morgan fingerprint density at radius 2 is 1.90 bits per heavy atom. The number of nitrogens with zero attached hydrogens (tertiary/aromatic N) is 5. The molecule has 4 rings (SSSR count). The summed E-state index contributed by atoms with van der Waals surface area (Å²) in [4.78, 5) is 30.6. The highest BCUT2D eigenvalue weighted by Crippen LogP contribution is 2.29. The van der Waals surface area contributed by atoms with E-state index in [0.29, 0.717) is 39.1 Å². The third-order valence-electron chi connectivity index (χ3n) is 7.20. The van der Waals surface area contributed by atoms with Crippen LogP contribution in [0, 0.1) is 0 Å². The minimum Gasteiger partial charge on any atom is -0.445 e. The zero-order valence-electron chi connectivity index (χ0n) is 25.2. The van der Waals surface area contributed by atoms with Gasteiger partial charge in [0.05, 0.1) is 5.69 Å². The molecule has 1 saturated heterocycles. The number of benzene rings is 1. The summed E-state index contributed by atoms with van der Waals surface area (Å²) in [5.74, 6) is 0. The van der Waals surface area contributed by atoms with Crippen LogP contribution in [0.4, 0.5) is 9.59 Å². The van der Waals surface area contributed by atoms with E-state index >= 15 is 0 Å². The molecule has 3 heterocycles. The second-order valence-corrected chi connectivity index (χ2v) is 11.9. The molecule has 1 atom stereocenters. The van der Waals surface area contributed by atoms with Gasteiger partial charge < -0.3 is 28.9 Å². The normalized spacial score (nSPS) is 17.8. The van der Waals surface area contributed by atoms with Gasteiger partial charge in [0.1, 0.15) is 18.4 Å². The Balaban J connectivity index is 1.40. The Morgan fingerprint density at radius 1 is 1.12 bits per heavy atom. The first kappa shape index (κ1) is 30.6. The maximum Gasteiger partial charge on any atom is 0.410 e. The van der Waals surface area contributed by atoms with Gasteiger partial charge in [-0.2, -0.15) is 5.10 Å². The molecule has 0 spiro atoms. The van der Waals surface area contributed by atoms with Crippen molar-refractivity contribution in [1.82, 2.24) is 24.5 Å². The lowest BCUT2D eigenvalue weighted by molar-refractivity contribution is -0.0396. The first-order valence-electron chi connectivity index (χ1n) is 14.6. The molecule has 0 radical (unpaired) electrons. The highest BCUT2D eigenvalue weighted by atomic mass is 16.6. The number of aromatic nitrogens is 2. The Hall–Kier alpha value is -3.37. The average Bonchev–Trinajstić information content (AvgIpc) is 3.38. The number of hydrogen-bond donors (Lipinski definition) is 0. The molecule has 1 aromatic heterocycles. The van der Waals surface area contributed by atoms with E-state index in [1.54, 1.807) is 16.8 Å². The van der Waals surface area contributed by atoms with Gasteiger partial charge in [0.2, 0.25) is 0 Å². The average molecular weight is 568 g/mol. The van der Waals surface area contributed by atoms with Gasteiger partial charge in [0.15, 0.2) is 0 Å². The third-order valence-corrected chi connectivity index (χ3v) is 7.20. The van der Waals surface area contributed by atoms with Gasteiger partial charge in [-0.15, -0.1) is 0 Å². The van der Waals surface area contributed by atoms with Crippen molar-refractivity contribution >= 4 is 17.8 Å². The van der Waals surface area contributed by atoms with Crippen LogP contribution in [0.2, 0.25) is 0 Å². The summed E-state index contributed by atoms with van der Waals surface area (Å²) in [7, 11) is 3.80. The van der Waals surface area contributed by atoms with Gasteiger partial charge in [-0.25, -0.2) is 14.3 Å². The Labute approximate surface area is 243 Å². The van der Waals surface area contributed by atoms with Crippen LogP contribution in [0.3, 0.4) is 0 Å². The van der Waals surface area contributed by atoms with Gasteiger partial charge in [-0.3, -0.25) is 0 Å². The summed E-state index contributed by atoms with van der Waals surface area (Å²) in [6.07, 6.45) is 7.32. The van der Waals surface area contributed by atoms with Crippen LogP contribution in [0.5, 0.6) is 0 Å². The fourth-order valence-corrected chi connectivity index (χ4v) is 4.88. The predicted molar refractivity (Wildman–Crippen MR) is 157 cm³/mol. The summed E-state index contributed by atoms with van der Waals surface area (Å²) in [5, 5.41) is 5.00. The monoisotopic (exact) mass is 567 g/mol. The molecule has 224 valence electrons. The zero-order valence-corrected chi connectivity index (χ0v) is 25.2. The summed E-state index contributed by atoms with van der Waals surface area (Å²) in [6.45, 7) is 9.56. The molecule has 2 aromatic rings. The summed E-state index contributed by atoms with van der Waals surface area (Å²) in [5.41, 5.74) is 3.62. The van der Waals surface area contributed by atoms with E-state index in [9.17, 15) is 9.59 Å². The molecule has 0 aliphatic carbocycles. The van der Waals surface area contributed by atoms with Gasteiger partial charge in [0.25, 0.3) is 0 Å². The highest BCUT2D eigenvalue weighted by Gasteiger charge is 2.25. The largest absolute Gasteiger partial charge is 0.445 e.